The molecular weight excluding hydrogens is 344 g/mol. The maximum atomic E-state index is 6.52. The Hall–Kier alpha value is -3.19. The molecule has 4 N–H and O–H groups in total. The molecule has 0 amide bonds. The van der Waals surface area contributed by atoms with Gasteiger partial charge in [-0.3, -0.25) is 0 Å². The Morgan fingerprint density at radius 2 is 2.00 bits per heavy atom. The molecule has 0 bridgehead atoms. The summed E-state index contributed by atoms with van der Waals surface area (Å²) >= 11 is 0. The summed E-state index contributed by atoms with van der Waals surface area (Å²) in [6.07, 6.45) is 4.22. The molecule has 2 aromatic carbocycles. The summed E-state index contributed by atoms with van der Waals surface area (Å²) in [5.41, 5.74) is 6.74. The molecule has 1 unspecified atom stereocenters. The molecule has 2 aliphatic rings. The van der Waals surface area contributed by atoms with Crippen molar-refractivity contribution in [2.75, 3.05) is 19.9 Å². The van der Waals surface area contributed by atoms with Crippen molar-refractivity contribution in [2.24, 2.45) is 10.7 Å². The molecular formula is C20H22N4O3. The van der Waals surface area contributed by atoms with Crippen molar-refractivity contribution < 1.29 is 14.2 Å². The number of hydrogen-bond acceptors (Lipinski definition) is 5. The monoisotopic (exact) mass is 366 g/mol. The van der Waals surface area contributed by atoms with Gasteiger partial charge in [0.25, 0.3) is 0 Å². The summed E-state index contributed by atoms with van der Waals surface area (Å²) in [6, 6.07) is 15.5. The molecule has 140 valence electrons. The summed E-state index contributed by atoms with van der Waals surface area (Å²) in [5.74, 6) is 2.95. The van der Waals surface area contributed by atoms with E-state index in [9.17, 15) is 0 Å². The smallest absolute Gasteiger partial charge is 0.231 e. The van der Waals surface area contributed by atoms with Crippen LogP contribution < -0.4 is 30.6 Å². The molecule has 0 aromatic heterocycles. The van der Waals surface area contributed by atoms with E-state index in [1.165, 1.54) is 0 Å². The highest BCUT2D eigenvalue weighted by molar-refractivity contribution is 5.83. The number of nitrogens with zero attached hydrogens (tertiary/aromatic N) is 1. The predicted octanol–water partition coefficient (Wildman–Crippen LogP) is 1.75. The molecule has 0 fully saturated rings. The number of nitrogens with one attached hydrogen (secondary N) is 2. The van der Waals surface area contributed by atoms with Gasteiger partial charge >= 0.3 is 0 Å². The van der Waals surface area contributed by atoms with Gasteiger partial charge in [0.2, 0.25) is 6.79 Å². The van der Waals surface area contributed by atoms with Crippen LogP contribution in [0, 0.1) is 0 Å². The Bertz CT molecular complexity index is 854. The first kappa shape index (κ1) is 17.2. The summed E-state index contributed by atoms with van der Waals surface area (Å²) in [4.78, 5) is 4.49. The number of ether oxygens (including phenoxy) is 3. The van der Waals surface area contributed by atoms with Crippen LogP contribution in [0.15, 0.2) is 65.8 Å². The average molecular weight is 366 g/mol. The van der Waals surface area contributed by atoms with Crippen molar-refractivity contribution in [2.45, 2.75) is 12.1 Å². The lowest BCUT2D eigenvalue weighted by Gasteiger charge is -2.32. The highest BCUT2D eigenvalue weighted by Gasteiger charge is 2.29. The predicted molar refractivity (Wildman–Crippen MR) is 103 cm³/mol. The number of aliphatic imine (C=N–C) groups is 1. The van der Waals surface area contributed by atoms with E-state index in [0.717, 1.165) is 22.8 Å². The topological polar surface area (TPSA) is 90.1 Å². The fourth-order valence-corrected chi connectivity index (χ4v) is 3.04. The largest absolute Gasteiger partial charge is 0.492 e. The Morgan fingerprint density at radius 1 is 1.11 bits per heavy atom. The van der Waals surface area contributed by atoms with E-state index in [4.69, 9.17) is 19.9 Å². The highest BCUT2D eigenvalue weighted by Crippen LogP contribution is 2.36. The molecule has 2 aliphatic heterocycles. The molecule has 7 heteroatoms. The fraction of sp³-hybridized carbons (Fsp3) is 0.250. The first-order chi connectivity index (χ1) is 13.2. The number of fused-ring (bicyclic) bond motifs is 1. The van der Waals surface area contributed by atoms with Gasteiger partial charge in [0, 0.05) is 18.2 Å². The molecule has 27 heavy (non-hydrogen) atoms. The molecule has 0 radical (unpaired) electrons. The van der Waals surface area contributed by atoms with Gasteiger partial charge < -0.3 is 30.6 Å². The van der Waals surface area contributed by atoms with E-state index < -0.39 is 5.66 Å². The number of guanidine groups is 1. The maximum Gasteiger partial charge on any atom is 0.231 e. The van der Waals surface area contributed by atoms with Crippen molar-refractivity contribution in [1.29, 1.82) is 0 Å². The van der Waals surface area contributed by atoms with Crippen LogP contribution in [0.2, 0.25) is 0 Å². The Labute approximate surface area is 157 Å². The van der Waals surface area contributed by atoms with Crippen LogP contribution in [0.25, 0.3) is 0 Å². The summed E-state index contributed by atoms with van der Waals surface area (Å²) in [5, 5.41) is 6.32. The van der Waals surface area contributed by atoms with E-state index in [-0.39, 0.29) is 6.79 Å². The number of hydrogen-bond donors (Lipinski definition) is 3. The molecule has 0 saturated heterocycles. The Morgan fingerprint density at radius 3 is 2.89 bits per heavy atom. The normalized spacial score (nSPS) is 21.6. The van der Waals surface area contributed by atoms with Crippen molar-refractivity contribution in [1.82, 2.24) is 10.6 Å². The number of benzene rings is 2. The van der Waals surface area contributed by atoms with Crippen molar-refractivity contribution in [3.63, 3.8) is 0 Å². The van der Waals surface area contributed by atoms with Gasteiger partial charge in [0.15, 0.2) is 17.5 Å². The second kappa shape index (κ2) is 7.59. The van der Waals surface area contributed by atoms with Crippen molar-refractivity contribution >= 4 is 5.96 Å². The molecule has 1 atom stereocenters. The zero-order valence-corrected chi connectivity index (χ0v) is 14.9. The number of para-hydroxylation sites is 2. The Balaban J connectivity index is 1.36. The van der Waals surface area contributed by atoms with Gasteiger partial charge in [-0.2, -0.15) is 0 Å². The molecule has 0 aliphatic carbocycles. The molecule has 0 saturated carbocycles. The van der Waals surface area contributed by atoms with Gasteiger partial charge in [-0.05, 0) is 24.3 Å². The van der Waals surface area contributed by atoms with E-state index in [1.54, 1.807) is 6.20 Å². The second-order valence-electron chi connectivity index (χ2n) is 6.36. The molecule has 7 nitrogen and oxygen atoms in total. The van der Waals surface area contributed by atoms with Crippen molar-refractivity contribution in [3.05, 3.63) is 66.4 Å². The summed E-state index contributed by atoms with van der Waals surface area (Å²) in [7, 11) is 0. The third-order valence-corrected chi connectivity index (χ3v) is 4.29. The number of rotatable bonds is 6. The van der Waals surface area contributed by atoms with Gasteiger partial charge in [-0.15, -0.1) is 0 Å². The van der Waals surface area contributed by atoms with E-state index in [0.29, 0.717) is 25.5 Å². The van der Waals surface area contributed by atoms with E-state index in [2.05, 4.69) is 15.6 Å². The third kappa shape index (κ3) is 4.15. The second-order valence-corrected chi connectivity index (χ2v) is 6.36. The van der Waals surface area contributed by atoms with Crippen LogP contribution in [0.1, 0.15) is 5.56 Å². The van der Waals surface area contributed by atoms with E-state index >= 15 is 0 Å². The molecule has 4 rings (SSSR count). The lowest BCUT2D eigenvalue weighted by molar-refractivity contribution is 0.173. The van der Waals surface area contributed by atoms with Gasteiger partial charge in [-0.1, -0.05) is 30.3 Å². The summed E-state index contributed by atoms with van der Waals surface area (Å²) < 4.78 is 16.7. The van der Waals surface area contributed by atoms with Crippen LogP contribution in [0.5, 0.6) is 17.2 Å². The minimum absolute atomic E-state index is 0.239. The third-order valence-electron chi connectivity index (χ3n) is 4.29. The average Bonchev–Trinajstić information content (AvgIpc) is 3.16. The zero-order chi connectivity index (χ0) is 18.5. The van der Waals surface area contributed by atoms with Crippen LogP contribution in [0.4, 0.5) is 0 Å². The first-order valence-electron chi connectivity index (χ1n) is 8.83. The Kier molecular flexibility index (Phi) is 4.84. The lowest BCUT2D eigenvalue weighted by Crippen LogP contribution is -2.61. The SMILES string of the molecule is NC1(Cc2cccc3c2OCO3)C=CNC(=NCCOc2ccccc2)N1. The van der Waals surface area contributed by atoms with E-state index in [1.807, 2.05) is 54.6 Å². The standard InChI is InChI=1S/C20H22N4O3/c21-20(13-15-5-4-8-17-18(15)27-14-26-17)9-10-22-19(24-20)23-11-12-25-16-6-2-1-3-7-16/h1-10H,11-14,21H2,(H2,22,23,24). The van der Waals surface area contributed by atoms with Gasteiger partial charge in [0.1, 0.15) is 18.0 Å². The summed E-state index contributed by atoms with van der Waals surface area (Å²) in [6.45, 7) is 1.23. The van der Waals surface area contributed by atoms with Crippen LogP contribution in [-0.2, 0) is 6.42 Å². The van der Waals surface area contributed by atoms with Crippen LogP contribution in [0.3, 0.4) is 0 Å². The number of nitrogens with two attached hydrogens (primary N) is 1. The highest BCUT2D eigenvalue weighted by atomic mass is 16.7. The van der Waals surface area contributed by atoms with Crippen molar-refractivity contribution in [3.8, 4) is 17.2 Å². The maximum absolute atomic E-state index is 6.52. The minimum Gasteiger partial charge on any atom is -0.492 e. The van der Waals surface area contributed by atoms with Crippen LogP contribution >= 0.6 is 0 Å². The lowest BCUT2D eigenvalue weighted by atomic mass is 9.98. The fourth-order valence-electron chi connectivity index (χ4n) is 3.04. The van der Waals surface area contributed by atoms with Crippen LogP contribution in [-0.4, -0.2) is 31.6 Å². The molecule has 0 spiro atoms. The molecule has 2 aromatic rings. The quantitative estimate of drug-likeness (QED) is 0.675. The minimum atomic E-state index is -0.772. The van der Waals surface area contributed by atoms with Gasteiger partial charge in [-0.25, -0.2) is 4.99 Å². The molecule has 2 heterocycles. The zero-order valence-electron chi connectivity index (χ0n) is 14.9. The first-order valence-corrected chi connectivity index (χ1v) is 8.83. The van der Waals surface area contributed by atoms with Gasteiger partial charge in [0.05, 0.1) is 6.54 Å².